The topological polar surface area (TPSA) is 147 Å². The highest BCUT2D eigenvalue weighted by Crippen LogP contribution is 2.27. The van der Waals surface area contributed by atoms with Gasteiger partial charge in [0.25, 0.3) is 11.8 Å². The molecule has 2 amide bonds. The summed E-state index contributed by atoms with van der Waals surface area (Å²) in [5, 5.41) is 18.9. The molecule has 0 radical (unpaired) electrons. The lowest BCUT2D eigenvalue weighted by molar-refractivity contribution is -0.139. The Morgan fingerprint density at radius 3 is 2.43 bits per heavy atom. The first kappa shape index (κ1) is 32.1. The summed E-state index contributed by atoms with van der Waals surface area (Å²) >= 11 is 0. The molecule has 3 N–H and O–H groups in total. The highest BCUT2D eigenvalue weighted by molar-refractivity contribution is 5.97. The van der Waals surface area contributed by atoms with Crippen molar-refractivity contribution < 1.29 is 33.1 Å². The van der Waals surface area contributed by atoms with Crippen LogP contribution in [-0.4, -0.2) is 57.9 Å². The van der Waals surface area contributed by atoms with E-state index in [-0.39, 0.29) is 23.7 Å². The van der Waals surface area contributed by atoms with Crippen LogP contribution in [0.5, 0.6) is 0 Å². The number of aromatic nitrogens is 2. The van der Waals surface area contributed by atoms with Crippen LogP contribution in [0.3, 0.4) is 0 Å². The maximum Gasteiger partial charge on any atom is 0.412 e. The van der Waals surface area contributed by atoms with Gasteiger partial charge in [0.2, 0.25) is 5.82 Å². The van der Waals surface area contributed by atoms with E-state index in [4.69, 9.17) is 9.26 Å². The number of anilines is 2. The Labute approximate surface area is 265 Å². The number of ether oxygens (including phenoxy) is 1. The molecule has 1 fully saturated rings. The van der Waals surface area contributed by atoms with E-state index in [0.717, 1.165) is 31.6 Å². The molecule has 1 aliphatic rings. The SMILES string of the molecule is CC(C)(C)OC(=O)Nc1ccc(-c2nc(-c3ccc(CC(NC(=O)c4cccc(N5CCCCC5)c4)C(=O)O)cc3F)no2)cc1. The zero-order chi connectivity index (χ0) is 32.8. The second kappa shape index (κ2) is 13.8. The molecule has 4 aromatic rings. The summed E-state index contributed by atoms with van der Waals surface area (Å²) in [7, 11) is 0. The fourth-order valence-electron chi connectivity index (χ4n) is 5.11. The van der Waals surface area contributed by atoms with Gasteiger partial charge in [-0.2, -0.15) is 4.98 Å². The maximum absolute atomic E-state index is 15.2. The molecule has 11 nitrogen and oxygen atoms in total. The van der Waals surface area contributed by atoms with Gasteiger partial charge in [0, 0.05) is 42.0 Å². The number of carbonyl (C=O) groups excluding carboxylic acids is 2. The van der Waals surface area contributed by atoms with Crippen molar-refractivity contribution in [3.8, 4) is 22.8 Å². The van der Waals surface area contributed by atoms with Crippen LogP contribution in [0.4, 0.5) is 20.6 Å². The summed E-state index contributed by atoms with van der Waals surface area (Å²) in [5.41, 5.74) is 2.13. The standard InChI is InChI=1S/C34H36FN5O6/c1-34(2,3)45-33(44)36-24-13-11-22(12-14-24)31-38-29(39-46-31)26-15-10-21(18-27(26)35)19-28(32(42)43)37-30(41)23-8-7-9-25(20-23)40-16-5-4-6-17-40/h7-15,18,20,28H,4-6,16-17,19H2,1-3H3,(H,36,44)(H,37,41)(H,42,43). The van der Waals surface area contributed by atoms with Crippen molar-refractivity contribution in [2.45, 2.75) is 58.1 Å². The van der Waals surface area contributed by atoms with Crippen LogP contribution < -0.4 is 15.5 Å². The van der Waals surface area contributed by atoms with E-state index in [1.54, 1.807) is 69.3 Å². The van der Waals surface area contributed by atoms with Crippen LogP contribution in [0.25, 0.3) is 22.8 Å². The molecule has 0 saturated carbocycles. The van der Waals surface area contributed by atoms with E-state index in [1.807, 2.05) is 6.07 Å². The number of amides is 2. The first-order chi connectivity index (χ1) is 21.9. The molecule has 2 heterocycles. The summed E-state index contributed by atoms with van der Waals surface area (Å²) in [4.78, 5) is 43.6. The van der Waals surface area contributed by atoms with E-state index >= 15 is 4.39 Å². The molecule has 1 aliphatic heterocycles. The number of piperidine rings is 1. The van der Waals surface area contributed by atoms with Crippen molar-refractivity contribution >= 4 is 29.3 Å². The number of carboxylic acid groups (broad SMARTS) is 1. The highest BCUT2D eigenvalue weighted by atomic mass is 19.1. The van der Waals surface area contributed by atoms with Crippen LogP contribution in [-0.2, 0) is 16.0 Å². The van der Waals surface area contributed by atoms with Gasteiger partial charge in [0.05, 0.1) is 5.56 Å². The molecule has 1 saturated heterocycles. The van der Waals surface area contributed by atoms with Gasteiger partial charge < -0.3 is 24.6 Å². The molecular formula is C34H36FN5O6. The summed E-state index contributed by atoms with van der Waals surface area (Å²) in [6.07, 6.45) is 2.64. The number of benzene rings is 3. The lowest BCUT2D eigenvalue weighted by Crippen LogP contribution is -2.42. The van der Waals surface area contributed by atoms with Gasteiger partial charge in [-0.15, -0.1) is 0 Å². The number of carboxylic acids is 1. The molecule has 12 heteroatoms. The Kier molecular flexibility index (Phi) is 9.64. The van der Waals surface area contributed by atoms with E-state index in [0.29, 0.717) is 22.4 Å². The average Bonchev–Trinajstić information content (AvgIpc) is 3.50. The fourth-order valence-corrected chi connectivity index (χ4v) is 5.11. The van der Waals surface area contributed by atoms with Gasteiger partial charge in [-0.25, -0.2) is 14.0 Å². The van der Waals surface area contributed by atoms with Gasteiger partial charge >= 0.3 is 12.1 Å². The fraction of sp³-hybridized carbons (Fsp3) is 0.324. The van der Waals surface area contributed by atoms with Gasteiger partial charge in [-0.05, 0) is 100 Å². The van der Waals surface area contributed by atoms with Crippen molar-refractivity contribution in [3.63, 3.8) is 0 Å². The Hall–Kier alpha value is -5.26. The van der Waals surface area contributed by atoms with Gasteiger partial charge in [-0.1, -0.05) is 17.3 Å². The Morgan fingerprint density at radius 2 is 1.76 bits per heavy atom. The number of carbonyl (C=O) groups is 3. The van der Waals surface area contributed by atoms with Crippen molar-refractivity contribution in [1.29, 1.82) is 0 Å². The first-order valence-electron chi connectivity index (χ1n) is 15.1. The quantitative estimate of drug-likeness (QED) is 0.194. The van der Waals surface area contributed by atoms with E-state index in [9.17, 15) is 19.5 Å². The second-order valence-electron chi connectivity index (χ2n) is 12.1. The lowest BCUT2D eigenvalue weighted by atomic mass is 10.0. The molecule has 1 unspecified atom stereocenters. The highest BCUT2D eigenvalue weighted by Gasteiger charge is 2.23. The smallest absolute Gasteiger partial charge is 0.412 e. The minimum atomic E-state index is -1.28. The average molecular weight is 630 g/mol. The normalized spacial score (nSPS) is 14.0. The number of hydrogen-bond donors (Lipinski definition) is 3. The van der Waals surface area contributed by atoms with Crippen LogP contribution in [0.1, 0.15) is 56.0 Å². The number of rotatable bonds is 9. The van der Waals surface area contributed by atoms with E-state index in [1.165, 1.54) is 18.6 Å². The maximum atomic E-state index is 15.2. The minimum absolute atomic E-state index is 0.00619. The van der Waals surface area contributed by atoms with Gasteiger partial charge in [-0.3, -0.25) is 10.1 Å². The van der Waals surface area contributed by atoms with Crippen molar-refractivity contribution in [2.24, 2.45) is 0 Å². The molecule has 0 aliphatic carbocycles. The number of nitrogens with zero attached hydrogens (tertiary/aromatic N) is 3. The third kappa shape index (κ3) is 8.26. The van der Waals surface area contributed by atoms with E-state index in [2.05, 4.69) is 25.7 Å². The Bertz CT molecular complexity index is 1710. The molecule has 1 atom stereocenters. The molecule has 3 aromatic carbocycles. The molecule has 46 heavy (non-hydrogen) atoms. The zero-order valence-electron chi connectivity index (χ0n) is 25.9. The molecular weight excluding hydrogens is 593 g/mol. The van der Waals surface area contributed by atoms with Crippen molar-refractivity contribution in [3.05, 3.63) is 83.7 Å². The first-order valence-corrected chi connectivity index (χ1v) is 15.1. The second-order valence-corrected chi connectivity index (χ2v) is 12.1. The lowest BCUT2D eigenvalue weighted by Gasteiger charge is -2.29. The number of aliphatic carboxylic acids is 1. The molecule has 0 bridgehead atoms. The monoisotopic (exact) mass is 629 g/mol. The van der Waals surface area contributed by atoms with Crippen LogP contribution in [0.2, 0.25) is 0 Å². The summed E-state index contributed by atoms with van der Waals surface area (Å²) < 4.78 is 25.8. The Balaban J connectivity index is 1.23. The zero-order valence-corrected chi connectivity index (χ0v) is 25.9. The Morgan fingerprint density at radius 1 is 1.02 bits per heavy atom. The van der Waals surface area contributed by atoms with Crippen LogP contribution in [0, 0.1) is 5.82 Å². The predicted molar refractivity (Wildman–Crippen MR) is 170 cm³/mol. The summed E-state index contributed by atoms with van der Waals surface area (Å²) in [5.74, 6) is -2.28. The van der Waals surface area contributed by atoms with E-state index < -0.39 is 35.4 Å². The summed E-state index contributed by atoms with van der Waals surface area (Å²) in [6, 6.07) is 16.7. The van der Waals surface area contributed by atoms with Crippen molar-refractivity contribution in [2.75, 3.05) is 23.3 Å². The number of halogens is 1. The van der Waals surface area contributed by atoms with Crippen LogP contribution >= 0.6 is 0 Å². The van der Waals surface area contributed by atoms with Gasteiger partial charge in [0.15, 0.2) is 0 Å². The minimum Gasteiger partial charge on any atom is -0.480 e. The van der Waals surface area contributed by atoms with Gasteiger partial charge in [0.1, 0.15) is 17.5 Å². The van der Waals surface area contributed by atoms with Crippen molar-refractivity contribution in [1.82, 2.24) is 15.5 Å². The molecule has 5 rings (SSSR count). The summed E-state index contributed by atoms with van der Waals surface area (Å²) in [6.45, 7) is 7.13. The number of nitrogens with one attached hydrogen (secondary N) is 2. The molecule has 240 valence electrons. The third-order valence-electron chi connectivity index (χ3n) is 7.35. The molecule has 0 spiro atoms. The predicted octanol–water partition coefficient (Wildman–Crippen LogP) is 6.31. The third-order valence-corrected chi connectivity index (χ3v) is 7.35. The molecule has 1 aromatic heterocycles. The number of hydrogen-bond acceptors (Lipinski definition) is 8. The largest absolute Gasteiger partial charge is 0.480 e. The van der Waals surface area contributed by atoms with Crippen LogP contribution in [0.15, 0.2) is 71.3 Å².